The van der Waals surface area contributed by atoms with Crippen LogP contribution in [0.2, 0.25) is 10.0 Å². The summed E-state index contributed by atoms with van der Waals surface area (Å²) in [5, 5.41) is 1.05. The number of piperidine rings is 1. The van der Waals surface area contributed by atoms with Gasteiger partial charge in [-0.25, -0.2) is 9.97 Å². The first kappa shape index (κ1) is 21.0. The Balaban J connectivity index is 1.49. The van der Waals surface area contributed by atoms with Crippen molar-refractivity contribution in [3.05, 3.63) is 46.3 Å². The molecule has 2 fully saturated rings. The molecule has 1 aromatic carbocycles. The van der Waals surface area contributed by atoms with Crippen molar-refractivity contribution in [1.82, 2.24) is 14.4 Å². The molecule has 3 heterocycles. The first-order valence-corrected chi connectivity index (χ1v) is 11.5. The van der Waals surface area contributed by atoms with Gasteiger partial charge in [-0.05, 0) is 44.1 Å². The fraction of sp³-hybridized carbons (Fsp3) is 0.478. The molecular weight excluding hydrogens is 433 g/mol. The van der Waals surface area contributed by atoms with E-state index in [4.69, 9.17) is 38.7 Å². The van der Waals surface area contributed by atoms with Crippen LogP contribution >= 0.6 is 23.2 Å². The number of hydrogen-bond donors (Lipinski definition) is 1. The first-order chi connectivity index (χ1) is 14.9. The average Bonchev–Trinajstić information content (AvgIpc) is 3.36. The lowest BCUT2D eigenvalue weighted by Crippen LogP contribution is -2.47. The summed E-state index contributed by atoms with van der Waals surface area (Å²) in [7, 11) is 1.79. The molecule has 1 saturated heterocycles. The summed E-state index contributed by atoms with van der Waals surface area (Å²) in [6, 6.07) is 5.86. The number of benzene rings is 1. The number of imidazole rings is 1. The number of rotatable bonds is 3. The number of nitrogens with two attached hydrogens (primary N) is 1. The summed E-state index contributed by atoms with van der Waals surface area (Å²) in [6.45, 7) is 3.84. The van der Waals surface area contributed by atoms with Crippen LogP contribution in [0, 0.1) is 12.3 Å². The van der Waals surface area contributed by atoms with Gasteiger partial charge in [0.05, 0.1) is 21.8 Å². The third-order valence-corrected chi connectivity index (χ3v) is 8.06. The van der Waals surface area contributed by atoms with Crippen LogP contribution in [-0.4, -0.2) is 46.7 Å². The van der Waals surface area contributed by atoms with Gasteiger partial charge in [0, 0.05) is 49.8 Å². The molecule has 1 saturated carbocycles. The fourth-order valence-electron chi connectivity index (χ4n) is 5.43. The molecule has 164 valence electrons. The summed E-state index contributed by atoms with van der Waals surface area (Å²) < 4.78 is 7.68. The topological polar surface area (TPSA) is 68.7 Å². The lowest BCUT2D eigenvalue weighted by atomic mass is 9.74. The van der Waals surface area contributed by atoms with Crippen molar-refractivity contribution in [2.75, 3.05) is 25.1 Å². The molecule has 6 nitrogen and oxygen atoms in total. The molecule has 5 rings (SSSR count). The molecule has 1 spiro atoms. The summed E-state index contributed by atoms with van der Waals surface area (Å²) in [6.07, 6.45) is 8.16. The third-order valence-electron chi connectivity index (χ3n) is 7.24. The molecule has 8 heteroatoms. The minimum Gasteiger partial charge on any atom is -0.381 e. The van der Waals surface area contributed by atoms with E-state index in [0.29, 0.717) is 10.0 Å². The quantitative estimate of drug-likeness (QED) is 0.612. The summed E-state index contributed by atoms with van der Waals surface area (Å²) in [4.78, 5) is 12.0. The molecule has 0 amide bonds. The molecule has 3 aromatic rings. The summed E-state index contributed by atoms with van der Waals surface area (Å²) in [5.41, 5.74) is 10.2. The average molecular weight is 460 g/mol. The number of nitrogens with zero attached hydrogens (tertiary/aromatic N) is 4. The van der Waals surface area contributed by atoms with Gasteiger partial charge < -0.3 is 15.4 Å². The van der Waals surface area contributed by atoms with Crippen molar-refractivity contribution in [1.29, 1.82) is 0 Å². The number of ether oxygens (including phenoxy) is 1. The maximum absolute atomic E-state index is 6.55. The molecule has 0 radical (unpaired) electrons. The third kappa shape index (κ3) is 3.41. The number of fused-ring (bicyclic) bond motifs is 1. The Morgan fingerprint density at radius 1 is 1.23 bits per heavy atom. The first-order valence-electron chi connectivity index (χ1n) is 10.7. The SMILES string of the molecule is CO[C@H]1C[C@@H](N)C2(CCN(c3nc(C)c(-c4cccc(Cl)c4Cl)c4nccn34)CC2)C1. The second-order valence-electron chi connectivity index (χ2n) is 8.85. The summed E-state index contributed by atoms with van der Waals surface area (Å²) in [5.74, 6) is 0.914. The van der Waals surface area contributed by atoms with Gasteiger partial charge in [-0.2, -0.15) is 0 Å². The highest BCUT2D eigenvalue weighted by molar-refractivity contribution is 6.43. The van der Waals surface area contributed by atoms with Crippen molar-refractivity contribution in [2.24, 2.45) is 11.1 Å². The Labute approximate surface area is 192 Å². The zero-order chi connectivity index (χ0) is 21.8. The molecule has 0 unspecified atom stereocenters. The van der Waals surface area contributed by atoms with Crippen LogP contribution in [0.1, 0.15) is 31.4 Å². The Kier molecular flexibility index (Phi) is 5.37. The number of aryl methyl sites for hydroxylation is 1. The molecule has 1 aliphatic heterocycles. The largest absolute Gasteiger partial charge is 0.381 e. The smallest absolute Gasteiger partial charge is 0.211 e. The van der Waals surface area contributed by atoms with Crippen molar-refractivity contribution >= 4 is 34.8 Å². The van der Waals surface area contributed by atoms with E-state index in [0.717, 1.165) is 67.2 Å². The zero-order valence-corrected chi connectivity index (χ0v) is 19.3. The molecule has 2 N–H and O–H groups in total. The molecule has 0 bridgehead atoms. The van der Waals surface area contributed by atoms with Crippen molar-refractivity contribution in [2.45, 2.75) is 44.8 Å². The van der Waals surface area contributed by atoms with Gasteiger partial charge in [0.25, 0.3) is 0 Å². The van der Waals surface area contributed by atoms with Gasteiger partial charge in [0.2, 0.25) is 5.95 Å². The monoisotopic (exact) mass is 459 g/mol. The fourth-order valence-corrected chi connectivity index (χ4v) is 5.83. The highest BCUT2D eigenvalue weighted by Gasteiger charge is 2.47. The zero-order valence-electron chi connectivity index (χ0n) is 17.8. The van der Waals surface area contributed by atoms with E-state index in [-0.39, 0.29) is 17.6 Å². The van der Waals surface area contributed by atoms with E-state index in [1.54, 1.807) is 13.2 Å². The van der Waals surface area contributed by atoms with Gasteiger partial charge in [-0.1, -0.05) is 35.3 Å². The van der Waals surface area contributed by atoms with E-state index in [1.165, 1.54) is 0 Å². The van der Waals surface area contributed by atoms with Crippen LogP contribution in [0.3, 0.4) is 0 Å². The van der Waals surface area contributed by atoms with Crippen LogP contribution in [0.15, 0.2) is 30.6 Å². The Hall–Kier alpha value is -1.86. The van der Waals surface area contributed by atoms with E-state index < -0.39 is 0 Å². The van der Waals surface area contributed by atoms with Gasteiger partial charge in [-0.3, -0.25) is 4.40 Å². The number of methoxy groups -OCH3 is 1. The van der Waals surface area contributed by atoms with Crippen LogP contribution in [0.25, 0.3) is 16.8 Å². The predicted octanol–water partition coefficient (Wildman–Crippen LogP) is 4.73. The predicted molar refractivity (Wildman–Crippen MR) is 125 cm³/mol. The standard InChI is InChI=1S/C23H27Cl2N5O/c1-14-19(16-4-3-5-17(24)20(16)25)21-27-8-11-30(21)22(28-14)29-9-6-23(7-10-29)13-15(31-2)12-18(23)26/h3-5,8,11,15,18H,6-7,9-10,12-13,26H2,1-2H3/t15-,18+/m0/s1. The van der Waals surface area contributed by atoms with E-state index in [1.807, 2.05) is 31.5 Å². The molecule has 2 atom stereocenters. The van der Waals surface area contributed by atoms with Gasteiger partial charge >= 0.3 is 0 Å². The molecule has 31 heavy (non-hydrogen) atoms. The minimum atomic E-state index is 0.175. The van der Waals surface area contributed by atoms with Crippen molar-refractivity contribution in [3.63, 3.8) is 0 Å². The molecule has 1 aliphatic carbocycles. The number of anilines is 1. The second kappa shape index (κ2) is 7.93. The van der Waals surface area contributed by atoms with Crippen LogP contribution in [-0.2, 0) is 4.74 Å². The van der Waals surface area contributed by atoms with Crippen molar-refractivity contribution < 1.29 is 4.74 Å². The van der Waals surface area contributed by atoms with Crippen LogP contribution in [0.5, 0.6) is 0 Å². The number of halogens is 2. The number of aromatic nitrogens is 3. The van der Waals surface area contributed by atoms with Crippen LogP contribution < -0.4 is 10.6 Å². The van der Waals surface area contributed by atoms with Gasteiger partial charge in [-0.15, -0.1) is 0 Å². The molecule has 2 aromatic heterocycles. The maximum Gasteiger partial charge on any atom is 0.211 e. The lowest BCUT2D eigenvalue weighted by Gasteiger charge is -2.42. The molecule has 2 aliphatic rings. The normalized spacial score (nSPS) is 23.2. The van der Waals surface area contributed by atoms with E-state index in [9.17, 15) is 0 Å². The Morgan fingerprint density at radius 2 is 2.00 bits per heavy atom. The van der Waals surface area contributed by atoms with E-state index >= 15 is 0 Å². The minimum absolute atomic E-state index is 0.175. The van der Waals surface area contributed by atoms with Gasteiger partial charge in [0.15, 0.2) is 0 Å². The lowest BCUT2D eigenvalue weighted by molar-refractivity contribution is 0.0890. The second-order valence-corrected chi connectivity index (χ2v) is 9.63. The highest BCUT2D eigenvalue weighted by atomic mass is 35.5. The number of hydrogen-bond acceptors (Lipinski definition) is 5. The maximum atomic E-state index is 6.55. The highest BCUT2D eigenvalue weighted by Crippen LogP contribution is 2.47. The van der Waals surface area contributed by atoms with Gasteiger partial charge in [0.1, 0.15) is 5.65 Å². The Morgan fingerprint density at radius 3 is 2.71 bits per heavy atom. The van der Waals surface area contributed by atoms with Crippen LogP contribution in [0.4, 0.5) is 5.95 Å². The van der Waals surface area contributed by atoms with Crippen molar-refractivity contribution in [3.8, 4) is 11.1 Å². The molecular formula is C23H27Cl2N5O. The Bertz CT molecular complexity index is 1120. The summed E-state index contributed by atoms with van der Waals surface area (Å²) >= 11 is 12.8. The van der Waals surface area contributed by atoms with E-state index in [2.05, 4.69) is 14.3 Å².